The molecule has 0 spiro atoms. The average molecular weight is 291 g/mol. The Bertz CT molecular complexity index is 1020. The number of aromatic nitrogens is 1. The van der Waals surface area contributed by atoms with Gasteiger partial charge in [-0.2, -0.15) is 0 Å². The summed E-state index contributed by atoms with van der Waals surface area (Å²) in [4.78, 5) is 13.0. The van der Waals surface area contributed by atoms with Gasteiger partial charge in [0.2, 0.25) is 5.71 Å². The van der Waals surface area contributed by atoms with E-state index in [4.69, 9.17) is 4.42 Å². The Labute approximate surface area is 127 Å². The highest BCUT2D eigenvalue weighted by atomic mass is 16.3. The van der Waals surface area contributed by atoms with Crippen LogP contribution in [0.2, 0.25) is 0 Å². The Morgan fingerprint density at radius 3 is 3.14 bits per heavy atom. The minimum absolute atomic E-state index is 0.0806. The Morgan fingerprint density at radius 1 is 1.23 bits per heavy atom. The molecule has 0 bridgehead atoms. The van der Waals surface area contributed by atoms with E-state index in [0.717, 1.165) is 16.9 Å². The first-order valence-electron chi connectivity index (χ1n) is 8.05. The lowest BCUT2D eigenvalue weighted by molar-refractivity contribution is 0.450. The molecule has 1 fully saturated rings. The molecule has 0 radical (unpaired) electrons. The molecule has 2 aromatic heterocycles. The highest BCUT2D eigenvalue weighted by molar-refractivity contribution is 5.72. The summed E-state index contributed by atoms with van der Waals surface area (Å²) in [5, 5.41) is 2.02. The quantitative estimate of drug-likeness (QED) is 0.745. The minimum Gasteiger partial charge on any atom is -0.446 e. The van der Waals surface area contributed by atoms with Crippen molar-refractivity contribution < 1.29 is 4.42 Å². The second-order valence-corrected chi connectivity index (χ2v) is 6.45. The average Bonchev–Trinajstić information content (AvgIpc) is 3.04. The fraction of sp³-hybridized carbons (Fsp3) is 0.316. The molecule has 2 heterocycles. The molecule has 1 saturated carbocycles. The number of allylic oxidation sites excluding steroid dienone is 4. The van der Waals surface area contributed by atoms with Crippen LogP contribution in [0.15, 0.2) is 52.0 Å². The van der Waals surface area contributed by atoms with Crippen molar-refractivity contribution in [3.63, 3.8) is 0 Å². The van der Waals surface area contributed by atoms with Gasteiger partial charge in [-0.15, -0.1) is 0 Å². The summed E-state index contributed by atoms with van der Waals surface area (Å²) in [5.74, 6) is 0.916. The number of fused-ring (bicyclic) bond motifs is 5. The largest absolute Gasteiger partial charge is 0.446 e. The molecule has 22 heavy (non-hydrogen) atoms. The van der Waals surface area contributed by atoms with Crippen LogP contribution in [0.25, 0.3) is 16.9 Å². The molecule has 5 rings (SSSR count). The minimum atomic E-state index is 0.0806. The number of rotatable bonds is 0. The fourth-order valence-corrected chi connectivity index (χ4v) is 4.46. The Balaban J connectivity index is 2.04. The van der Waals surface area contributed by atoms with E-state index in [1.807, 2.05) is 6.07 Å². The normalized spacial score (nSPS) is 26.0. The third kappa shape index (κ3) is 1.48. The van der Waals surface area contributed by atoms with Gasteiger partial charge in [0.25, 0.3) is 5.56 Å². The summed E-state index contributed by atoms with van der Waals surface area (Å²) in [6.45, 7) is 0. The van der Waals surface area contributed by atoms with Gasteiger partial charge in [-0.1, -0.05) is 36.3 Å². The van der Waals surface area contributed by atoms with Crippen LogP contribution in [0.1, 0.15) is 25.7 Å². The summed E-state index contributed by atoms with van der Waals surface area (Å²) in [7, 11) is 0. The molecule has 0 N–H and O–H groups in total. The van der Waals surface area contributed by atoms with Gasteiger partial charge in [-0.3, -0.25) is 9.20 Å². The van der Waals surface area contributed by atoms with Gasteiger partial charge in [-0.05, 0) is 36.0 Å². The Morgan fingerprint density at radius 2 is 2.18 bits per heavy atom. The van der Waals surface area contributed by atoms with Crippen molar-refractivity contribution in [1.29, 1.82) is 0 Å². The van der Waals surface area contributed by atoms with Crippen molar-refractivity contribution >= 4 is 16.9 Å². The van der Waals surface area contributed by atoms with E-state index < -0.39 is 0 Å². The lowest BCUT2D eigenvalue weighted by Crippen LogP contribution is -2.50. The Kier molecular flexibility index (Phi) is 2.43. The highest BCUT2D eigenvalue weighted by Crippen LogP contribution is 2.41. The van der Waals surface area contributed by atoms with E-state index >= 15 is 0 Å². The summed E-state index contributed by atoms with van der Waals surface area (Å²) in [6.07, 6.45) is 16.7. The van der Waals surface area contributed by atoms with Crippen molar-refractivity contribution in [3.8, 4) is 0 Å². The second kappa shape index (κ2) is 4.35. The van der Waals surface area contributed by atoms with E-state index in [1.54, 1.807) is 16.9 Å². The number of hydrogen-bond donors (Lipinski definition) is 0. The zero-order valence-electron chi connectivity index (χ0n) is 12.3. The Hall–Kier alpha value is -2.29. The number of hydrogen-bond acceptors (Lipinski definition) is 2. The van der Waals surface area contributed by atoms with Crippen molar-refractivity contribution in [3.05, 3.63) is 63.6 Å². The first-order valence-corrected chi connectivity index (χ1v) is 8.05. The van der Waals surface area contributed by atoms with Crippen LogP contribution in [0, 0.1) is 11.8 Å². The summed E-state index contributed by atoms with van der Waals surface area (Å²) in [6, 6.07) is 2.04. The molecule has 3 aliphatic rings. The van der Waals surface area contributed by atoms with E-state index in [-0.39, 0.29) is 5.56 Å². The highest BCUT2D eigenvalue weighted by Gasteiger charge is 2.33. The molecule has 0 aromatic carbocycles. The molecule has 110 valence electrons. The van der Waals surface area contributed by atoms with E-state index in [1.165, 1.54) is 30.4 Å². The van der Waals surface area contributed by atoms with Crippen LogP contribution in [0.3, 0.4) is 0 Å². The van der Waals surface area contributed by atoms with Crippen LogP contribution in [-0.4, -0.2) is 4.40 Å². The molecule has 2 aromatic rings. The van der Waals surface area contributed by atoms with Crippen molar-refractivity contribution in [2.75, 3.05) is 0 Å². The number of nitrogens with zero attached hydrogens (tertiary/aromatic N) is 1. The molecule has 0 aliphatic heterocycles. The van der Waals surface area contributed by atoms with Gasteiger partial charge in [0.1, 0.15) is 6.26 Å². The molecule has 3 aliphatic carbocycles. The van der Waals surface area contributed by atoms with E-state index in [9.17, 15) is 4.79 Å². The van der Waals surface area contributed by atoms with Crippen LogP contribution in [0.5, 0.6) is 0 Å². The van der Waals surface area contributed by atoms with Crippen molar-refractivity contribution in [2.24, 2.45) is 11.8 Å². The standard InChI is InChI=1S/C19H17NO2/c21-19-18-15-8-4-3-6-13(15)12-5-1-2-7-14(12)16(18)11-17-20(19)9-10-22-17/h1-2,5,7,9-13H,3-4,6,8H2/t12-,13+/m0/s1. The van der Waals surface area contributed by atoms with Crippen LogP contribution in [-0.2, 0) is 0 Å². The maximum Gasteiger partial charge on any atom is 0.265 e. The maximum atomic E-state index is 13.0. The predicted molar refractivity (Wildman–Crippen MR) is 85.7 cm³/mol. The lowest BCUT2D eigenvalue weighted by atomic mass is 9.68. The molecular formula is C19H17NO2. The molecule has 0 saturated heterocycles. The summed E-state index contributed by atoms with van der Waals surface area (Å²) < 4.78 is 7.12. The second-order valence-electron chi connectivity index (χ2n) is 6.45. The van der Waals surface area contributed by atoms with Crippen molar-refractivity contribution in [1.82, 2.24) is 4.40 Å². The van der Waals surface area contributed by atoms with Gasteiger partial charge < -0.3 is 4.42 Å². The van der Waals surface area contributed by atoms with Gasteiger partial charge in [0.05, 0.1) is 6.20 Å². The molecule has 0 unspecified atom stereocenters. The van der Waals surface area contributed by atoms with Crippen LogP contribution in [0.4, 0.5) is 0 Å². The van der Waals surface area contributed by atoms with Gasteiger partial charge in [0.15, 0.2) is 0 Å². The first-order chi connectivity index (χ1) is 10.8. The zero-order chi connectivity index (χ0) is 14.7. The molecule has 3 heteroatoms. The van der Waals surface area contributed by atoms with Crippen LogP contribution >= 0.6 is 0 Å². The molecule has 0 amide bonds. The van der Waals surface area contributed by atoms with Gasteiger partial charge in [-0.25, -0.2) is 0 Å². The van der Waals surface area contributed by atoms with Gasteiger partial charge in [0, 0.05) is 17.2 Å². The molecule has 3 nitrogen and oxygen atoms in total. The third-order valence-electron chi connectivity index (χ3n) is 5.39. The molecule has 2 atom stereocenters. The molecular weight excluding hydrogens is 274 g/mol. The summed E-state index contributed by atoms with van der Waals surface area (Å²) in [5.41, 5.74) is 3.37. The first kappa shape index (κ1) is 12.3. The SMILES string of the molecule is O=c1c2c(cc3occn13)=C1C=CC=C[C@H]1[C@H]1CCCCC=21. The van der Waals surface area contributed by atoms with E-state index in [2.05, 4.69) is 24.3 Å². The van der Waals surface area contributed by atoms with Crippen LogP contribution < -0.4 is 16.0 Å². The topological polar surface area (TPSA) is 34.6 Å². The number of oxazole rings is 1. The van der Waals surface area contributed by atoms with Gasteiger partial charge >= 0.3 is 0 Å². The fourth-order valence-electron chi connectivity index (χ4n) is 4.46. The van der Waals surface area contributed by atoms with E-state index in [0.29, 0.717) is 17.5 Å². The zero-order valence-corrected chi connectivity index (χ0v) is 12.3. The van der Waals surface area contributed by atoms with Crippen molar-refractivity contribution in [2.45, 2.75) is 25.7 Å². The lowest BCUT2D eigenvalue weighted by Gasteiger charge is -2.35. The predicted octanol–water partition coefficient (Wildman–Crippen LogP) is 2.14. The number of pyridine rings is 1. The maximum absolute atomic E-state index is 13.0. The third-order valence-corrected chi connectivity index (χ3v) is 5.39. The summed E-state index contributed by atoms with van der Waals surface area (Å²) >= 11 is 0. The smallest absolute Gasteiger partial charge is 0.265 e. The monoisotopic (exact) mass is 291 g/mol.